The van der Waals surface area contributed by atoms with E-state index in [4.69, 9.17) is 0 Å². The zero-order chi connectivity index (χ0) is 20.1. The lowest BCUT2D eigenvalue weighted by Gasteiger charge is -2.26. The van der Waals surface area contributed by atoms with Gasteiger partial charge in [0.25, 0.3) is 5.56 Å². The Hall–Kier alpha value is -1.97. The van der Waals surface area contributed by atoms with Crippen LogP contribution in [-0.4, -0.2) is 36.3 Å². The van der Waals surface area contributed by atoms with Gasteiger partial charge in [0.05, 0.1) is 4.90 Å². The van der Waals surface area contributed by atoms with Crippen LogP contribution in [0.5, 0.6) is 0 Å². The van der Waals surface area contributed by atoms with Gasteiger partial charge in [-0.05, 0) is 52.5 Å². The van der Waals surface area contributed by atoms with Crippen molar-refractivity contribution in [3.8, 4) is 0 Å². The summed E-state index contributed by atoms with van der Waals surface area (Å²) < 4.78 is 29.1. The van der Waals surface area contributed by atoms with E-state index in [9.17, 15) is 18.0 Å². The van der Waals surface area contributed by atoms with Crippen molar-refractivity contribution in [2.75, 3.05) is 13.1 Å². The average molecular weight is 468 g/mol. The molecule has 2 aromatic rings. The lowest BCUT2D eigenvalue weighted by molar-refractivity contribution is -0.121. The second-order valence-corrected chi connectivity index (χ2v) is 9.56. The molecule has 0 aliphatic carbocycles. The Balaban J connectivity index is 1.65. The van der Waals surface area contributed by atoms with Gasteiger partial charge in [-0.1, -0.05) is 18.6 Å². The molecule has 1 aliphatic rings. The smallest absolute Gasteiger partial charge is 0.251 e. The third-order valence-electron chi connectivity index (χ3n) is 4.60. The van der Waals surface area contributed by atoms with Crippen LogP contribution in [0.4, 0.5) is 0 Å². The fraction of sp³-hybridized carbons (Fsp3) is 0.368. The van der Waals surface area contributed by atoms with Gasteiger partial charge in [-0.2, -0.15) is 4.31 Å². The summed E-state index contributed by atoms with van der Waals surface area (Å²) in [6.07, 6.45) is 4.36. The van der Waals surface area contributed by atoms with Crippen LogP contribution in [0.15, 0.2) is 56.8 Å². The number of pyridine rings is 1. The molecule has 0 bridgehead atoms. The van der Waals surface area contributed by atoms with E-state index < -0.39 is 10.0 Å². The number of carbonyl (C=O) groups is 1. The summed E-state index contributed by atoms with van der Waals surface area (Å²) in [5.41, 5.74) is 0.418. The lowest BCUT2D eigenvalue weighted by Crippen LogP contribution is -2.35. The molecular formula is C19H22BrN3O4S. The van der Waals surface area contributed by atoms with Gasteiger partial charge >= 0.3 is 0 Å². The van der Waals surface area contributed by atoms with Gasteiger partial charge in [0.1, 0.15) is 6.54 Å². The van der Waals surface area contributed by atoms with Crippen molar-refractivity contribution in [2.45, 2.75) is 37.2 Å². The van der Waals surface area contributed by atoms with Gasteiger partial charge in [-0.15, -0.1) is 0 Å². The highest BCUT2D eigenvalue weighted by Gasteiger charge is 2.25. The standard InChI is InChI=1S/C19H22BrN3O4S/c20-16-7-8-19(25)22(13-16)14-18(24)21-12-15-5-4-6-17(11-15)28(26,27)23-9-2-1-3-10-23/h4-8,11,13H,1-3,9-10,12,14H2,(H,21,24). The second kappa shape index (κ2) is 9.02. The van der Waals surface area contributed by atoms with Gasteiger partial charge in [-0.25, -0.2) is 8.42 Å². The molecule has 1 aromatic carbocycles. The van der Waals surface area contributed by atoms with Crippen LogP contribution in [-0.2, 0) is 27.9 Å². The molecule has 1 aromatic heterocycles. The number of hydrogen-bond donors (Lipinski definition) is 1. The molecule has 150 valence electrons. The van der Waals surface area contributed by atoms with Crippen LogP contribution in [0.2, 0.25) is 0 Å². The van der Waals surface area contributed by atoms with Gasteiger partial charge in [-0.3, -0.25) is 9.59 Å². The van der Waals surface area contributed by atoms with Crippen molar-refractivity contribution < 1.29 is 13.2 Å². The minimum absolute atomic E-state index is 0.107. The Morgan fingerprint density at radius 2 is 1.86 bits per heavy atom. The number of hydrogen-bond acceptors (Lipinski definition) is 4. The van der Waals surface area contributed by atoms with E-state index in [-0.39, 0.29) is 29.5 Å². The van der Waals surface area contributed by atoms with Crippen molar-refractivity contribution >= 4 is 31.9 Å². The highest BCUT2D eigenvalue weighted by Crippen LogP contribution is 2.21. The van der Waals surface area contributed by atoms with Gasteiger partial charge in [0.2, 0.25) is 15.9 Å². The number of nitrogens with one attached hydrogen (secondary N) is 1. The zero-order valence-corrected chi connectivity index (χ0v) is 17.7. The van der Waals surface area contributed by atoms with E-state index in [2.05, 4.69) is 21.2 Å². The maximum Gasteiger partial charge on any atom is 0.251 e. The minimum atomic E-state index is -3.51. The summed E-state index contributed by atoms with van der Waals surface area (Å²) in [7, 11) is -3.51. The molecule has 1 saturated heterocycles. The number of amides is 1. The molecule has 2 heterocycles. The number of piperidine rings is 1. The summed E-state index contributed by atoms with van der Waals surface area (Å²) in [4.78, 5) is 24.2. The van der Waals surface area contributed by atoms with E-state index in [1.807, 2.05) is 0 Å². The first-order valence-corrected chi connectivity index (χ1v) is 11.3. The second-order valence-electron chi connectivity index (χ2n) is 6.70. The predicted molar refractivity (Wildman–Crippen MR) is 109 cm³/mol. The molecule has 1 amide bonds. The summed E-state index contributed by atoms with van der Waals surface area (Å²) in [5, 5.41) is 2.73. The van der Waals surface area contributed by atoms with E-state index in [0.29, 0.717) is 23.1 Å². The SMILES string of the molecule is O=C(Cn1cc(Br)ccc1=O)NCc1cccc(S(=O)(=O)N2CCCCC2)c1. The van der Waals surface area contributed by atoms with Crippen LogP contribution in [0.25, 0.3) is 0 Å². The topological polar surface area (TPSA) is 88.5 Å². The molecule has 0 spiro atoms. The lowest BCUT2D eigenvalue weighted by atomic mass is 10.2. The molecule has 9 heteroatoms. The van der Waals surface area contributed by atoms with Crippen molar-refractivity contribution in [3.05, 3.63) is 63.0 Å². The van der Waals surface area contributed by atoms with Gasteiger partial charge in [0, 0.05) is 36.4 Å². The highest BCUT2D eigenvalue weighted by molar-refractivity contribution is 9.10. The number of sulfonamides is 1. The fourth-order valence-corrected chi connectivity index (χ4v) is 5.07. The number of rotatable bonds is 6. The molecule has 1 aliphatic heterocycles. The Bertz CT molecular complexity index is 1010. The van der Waals surface area contributed by atoms with Crippen LogP contribution in [0, 0.1) is 0 Å². The first kappa shape index (κ1) is 20.8. The molecule has 3 rings (SSSR count). The summed E-state index contributed by atoms with van der Waals surface area (Å²) in [5.74, 6) is -0.329. The maximum absolute atomic E-state index is 12.8. The van der Waals surface area contributed by atoms with Crippen LogP contribution in [0.1, 0.15) is 24.8 Å². The fourth-order valence-electron chi connectivity index (χ4n) is 3.11. The number of benzene rings is 1. The number of aromatic nitrogens is 1. The molecule has 0 radical (unpaired) electrons. The molecule has 0 unspecified atom stereocenters. The monoisotopic (exact) mass is 467 g/mol. The van der Waals surface area contributed by atoms with Crippen molar-refractivity contribution in [1.82, 2.24) is 14.2 Å². The first-order chi connectivity index (χ1) is 13.4. The van der Waals surface area contributed by atoms with Crippen molar-refractivity contribution in [1.29, 1.82) is 0 Å². The minimum Gasteiger partial charge on any atom is -0.350 e. The van der Waals surface area contributed by atoms with Crippen LogP contribution >= 0.6 is 15.9 Å². The third kappa shape index (κ3) is 5.09. The predicted octanol–water partition coefficient (Wildman–Crippen LogP) is 2.10. The quantitative estimate of drug-likeness (QED) is 0.704. The zero-order valence-electron chi connectivity index (χ0n) is 15.3. The largest absolute Gasteiger partial charge is 0.350 e. The van der Waals surface area contributed by atoms with E-state index in [1.54, 1.807) is 36.5 Å². The molecule has 7 nitrogen and oxygen atoms in total. The summed E-state index contributed by atoms with van der Waals surface area (Å²) in [6, 6.07) is 9.61. The molecule has 28 heavy (non-hydrogen) atoms. The van der Waals surface area contributed by atoms with E-state index >= 15 is 0 Å². The van der Waals surface area contributed by atoms with Gasteiger partial charge in [0.15, 0.2) is 0 Å². The molecule has 0 saturated carbocycles. The number of carbonyl (C=O) groups excluding carboxylic acids is 1. The Morgan fingerprint density at radius 3 is 2.61 bits per heavy atom. The number of nitrogens with zero attached hydrogens (tertiary/aromatic N) is 2. The Morgan fingerprint density at radius 1 is 1.11 bits per heavy atom. The first-order valence-electron chi connectivity index (χ1n) is 9.08. The molecular weight excluding hydrogens is 446 g/mol. The maximum atomic E-state index is 12.8. The van der Waals surface area contributed by atoms with Crippen LogP contribution < -0.4 is 10.9 Å². The normalized spacial score (nSPS) is 15.3. The Kier molecular flexibility index (Phi) is 6.69. The van der Waals surface area contributed by atoms with Gasteiger partial charge < -0.3 is 9.88 Å². The van der Waals surface area contributed by atoms with E-state index in [1.165, 1.54) is 14.9 Å². The molecule has 0 atom stereocenters. The van der Waals surface area contributed by atoms with Crippen LogP contribution in [0.3, 0.4) is 0 Å². The molecule has 1 N–H and O–H groups in total. The highest BCUT2D eigenvalue weighted by atomic mass is 79.9. The van der Waals surface area contributed by atoms with Crippen molar-refractivity contribution in [2.24, 2.45) is 0 Å². The summed E-state index contributed by atoms with van der Waals surface area (Å²) in [6.45, 7) is 1.17. The van der Waals surface area contributed by atoms with E-state index in [0.717, 1.165) is 19.3 Å². The third-order valence-corrected chi connectivity index (χ3v) is 6.97. The Labute approximate surface area is 172 Å². The van der Waals surface area contributed by atoms with Crippen molar-refractivity contribution in [3.63, 3.8) is 0 Å². The average Bonchev–Trinajstić information content (AvgIpc) is 2.70. The summed E-state index contributed by atoms with van der Waals surface area (Å²) >= 11 is 3.27. The number of halogens is 1. The molecule has 1 fully saturated rings.